The van der Waals surface area contributed by atoms with Crippen LogP contribution in [-0.2, 0) is 6.42 Å². The Morgan fingerprint density at radius 2 is 1.40 bits per heavy atom. The third-order valence-electron chi connectivity index (χ3n) is 3.18. The molecular formula is C18H20O2. The first-order chi connectivity index (χ1) is 9.48. The van der Waals surface area contributed by atoms with Gasteiger partial charge in [0.25, 0.3) is 0 Å². The standard InChI is InChI=1S/C18H20O2/c1-18(2,20)17(15-11-7-4-8-12-15)16(19)13-14-9-5-3-6-10-14/h3-12,19-20H,13H2,1-2H3/b17-16-. The van der Waals surface area contributed by atoms with Crippen LogP contribution in [0.2, 0.25) is 0 Å². The minimum absolute atomic E-state index is 0.204. The predicted molar refractivity (Wildman–Crippen MR) is 82.4 cm³/mol. The van der Waals surface area contributed by atoms with E-state index in [2.05, 4.69) is 0 Å². The van der Waals surface area contributed by atoms with Crippen molar-refractivity contribution in [2.45, 2.75) is 25.9 Å². The van der Waals surface area contributed by atoms with Crippen LogP contribution in [0.25, 0.3) is 5.57 Å². The zero-order valence-electron chi connectivity index (χ0n) is 11.9. The van der Waals surface area contributed by atoms with E-state index in [9.17, 15) is 10.2 Å². The fourth-order valence-electron chi connectivity index (χ4n) is 2.36. The molecule has 2 rings (SSSR count). The average Bonchev–Trinajstić information content (AvgIpc) is 2.39. The van der Waals surface area contributed by atoms with Crippen molar-refractivity contribution in [3.8, 4) is 0 Å². The highest BCUT2D eigenvalue weighted by atomic mass is 16.3. The van der Waals surface area contributed by atoms with Gasteiger partial charge in [0.1, 0.15) is 5.76 Å². The Bertz CT molecular complexity index is 578. The number of benzene rings is 2. The highest BCUT2D eigenvalue weighted by Gasteiger charge is 2.25. The topological polar surface area (TPSA) is 40.5 Å². The number of allylic oxidation sites excluding steroid dienone is 1. The zero-order chi connectivity index (χ0) is 14.6. The lowest BCUT2D eigenvalue weighted by Gasteiger charge is -2.24. The van der Waals surface area contributed by atoms with E-state index >= 15 is 0 Å². The van der Waals surface area contributed by atoms with Gasteiger partial charge in [-0.15, -0.1) is 0 Å². The number of aliphatic hydroxyl groups excluding tert-OH is 1. The van der Waals surface area contributed by atoms with Crippen LogP contribution in [0.5, 0.6) is 0 Å². The molecule has 2 nitrogen and oxygen atoms in total. The van der Waals surface area contributed by atoms with Gasteiger partial charge in [-0.1, -0.05) is 60.7 Å². The second-order valence-corrected chi connectivity index (χ2v) is 5.41. The molecule has 2 aromatic rings. The number of hydrogen-bond donors (Lipinski definition) is 2. The van der Waals surface area contributed by atoms with Gasteiger partial charge in [0.2, 0.25) is 0 Å². The molecule has 20 heavy (non-hydrogen) atoms. The highest BCUT2D eigenvalue weighted by Crippen LogP contribution is 2.30. The molecule has 0 unspecified atom stereocenters. The summed E-state index contributed by atoms with van der Waals surface area (Å²) in [6.45, 7) is 3.38. The third-order valence-corrected chi connectivity index (χ3v) is 3.18. The van der Waals surface area contributed by atoms with Crippen molar-refractivity contribution in [3.63, 3.8) is 0 Å². The van der Waals surface area contributed by atoms with Crippen LogP contribution in [-0.4, -0.2) is 15.8 Å². The molecule has 0 saturated carbocycles. The number of aliphatic hydroxyl groups is 2. The molecule has 2 aromatic carbocycles. The SMILES string of the molecule is CC(C)(O)/C(=C(\O)Cc1ccccc1)c1ccccc1. The molecular weight excluding hydrogens is 248 g/mol. The van der Waals surface area contributed by atoms with Gasteiger partial charge in [-0.05, 0) is 25.0 Å². The second kappa shape index (κ2) is 5.93. The van der Waals surface area contributed by atoms with E-state index in [0.717, 1.165) is 11.1 Å². The molecule has 104 valence electrons. The maximum absolute atomic E-state index is 10.5. The summed E-state index contributed by atoms with van der Waals surface area (Å²) < 4.78 is 0. The molecule has 0 aliphatic heterocycles. The van der Waals surface area contributed by atoms with Crippen LogP contribution in [0.1, 0.15) is 25.0 Å². The lowest BCUT2D eigenvalue weighted by molar-refractivity contribution is 0.140. The van der Waals surface area contributed by atoms with E-state index in [4.69, 9.17) is 0 Å². The molecule has 0 bridgehead atoms. The quantitative estimate of drug-likeness (QED) is 0.824. The monoisotopic (exact) mass is 268 g/mol. The Balaban J connectivity index is 2.43. The van der Waals surface area contributed by atoms with Crippen LogP contribution in [0.4, 0.5) is 0 Å². The molecule has 0 spiro atoms. The molecule has 0 aliphatic carbocycles. The molecule has 0 fully saturated rings. The Morgan fingerprint density at radius 3 is 1.90 bits per heavy atom. The van der Waals surface area contributed by atoms with Gasteiger partial charge >= 0.3 is 0 Å². The van der Waals surface area contributed by atoms with Gasteiger partial charge in [-0.25, -0.2) is 0 Å². The zero-order valence-corrected chi connectivity index (χ0v) is 11.9. The van der Waals surface area contributed by atoms with Crippen molar-refractivity contribution in [2.75, 3.05) is 0 Å². The van der Waals surface area contributed by atoms with Gasteiger partial charge in [0, 0.05) is 12.0 Å². The van der Waals surface area contributed by atoms with E-state index in [0.29, 0.717) is 12.0 Å². The molecule has 0 aromatic heterocycles. The Morgan fingerprint density at radius 1 is 0.900 bits per heavy atom. The summed E-state index contributed by atoms with van der Waals surface area (Å²) in [5.41, 5.74) is 1.33. The number of rotatable bonds is 4. The number of hydrogen-bond acceptors (Lipinski definition) is 2. The molecule has 2 heteroatoms. The molecule has 0 saturated heterocycles. The van der Waals surface area contributed by atoms with Crippen LogP contribution in [0.15, 0.2) is 66.4 Å². The first-order valence-electron chi connectivity index (χ1n) is 6.73. The maximum Gasteiger partial charge on any atom is 0.103 e. The summed E-state index contributed by atoms with van der Waals surface area (Å²) in [5.74, 6) is 0.204. The van der Waals surface area contributed by atoms with E-state index in [1.54, 1.807) is 13.8 Å². The van der Waals surface area contributed by atoms with Crippen LogP contribution < -0.4 is 0 Å². The largest absolute Gasteiger partial charge is 0.512 e. The van der Waals surface area contributed by atoms with Crippen molar-refractivity contribution in [1.82, 2.24) is 0 Å². The molecule has 0 radical (unpaired) electrons. The summed E-state index contributed by atoms with van der Waals surface area (Å²) in [5, 5.41) is 20.8. The average molecular weight is 268 g/mol. The molecule has 2 N–H and O–H groups in total. The summed E-state index contributed by atoms with van der Waals surface area (Å²) >= 11 is 0. The van der Waals surface area contributed by atoms with Crippen molar-refractivity contribution >= 4 is 5.57 Å². The predicted octanol–water partition coefficient (Wildman–Crippen LogP) is 3.97. The lowest BCUT2D eigenvalue weighted by Crippen LogP contribution is -2.23. The van der Waals surface area contributed by atoms with Gasteiger partial charge in [0.05, 0.1) is 5.60 Å². The van der Waals surface area contributed by atoms with Crippen LogP contribution >= 0.6 is 0 Å². The summed E-state index contributed by atoms with van der Waals surface area (Å²) in [4.78, 5) is 0. The first-order valence-corrected chi connectivity index (χ1v) is 6.73. The lowest BCUT2D eigenvalue weighted by atomic mass is 9.88. The third kappa shape index (κ3) is 3.49. The molecule has 0 atom stereocenters. The van der Waals surface area contributed by atoms with Crippen molar-refractivity contribution < 1.29 is 10.2 Å². The Labute approximate surface area is 120 Å². The Kier molecular flexibility index (Phi) is 4.26. The summed E-state index contributed by atoms with van der Waals surface area (Å²) in [7, 11) is 0. The summed E-state index contributed by atoms with van der Waals surface area (Å²) in [6, 6.07) is 19.3. The van der Waals surface area contributed by atoms with Crippen molar-refractivity contribution in [3.05, 3.63) is 77.5 Å². The smallest absolute Gasteiger partial charge is 0.103 e. The van der Waals surface area contributed by atoms with E-state index in [-0.39, 0.29) is 5.76 Å². The van der Waals surface area contributed by atoms with Crippen LogP contribution in [0.3, 0.4) is 0 Å². The Hall–Kier alpha value is -2.06. The van der Waals surface area contributed by atoms with Gasteiger partial charge in [0.15, 0.2) is 0 Å². The van der Waals surface area contributed by atoms with E-state index < -0.39 is 5.60 Å². The first kappa shape index (κ1) is 14.4. The minimum atomic E-state index is -1.10. The van der Waals surface area contributed by atoms with Crippen molar-refractivity contribution in [2.24, 2.45) is 0 Å². The normalized spacial score (nSPS) is 12.9. The van der Waals surface area contributed by atoms with Gasteiger partial charge in [-0.3, -0.25) is 0 Å². The fraction of sp³-hybridized carbons (Fsp3) is 0.222. The van der Waals surface area contributed by atoms with Crippen LogP contribution in [0, 0.1) is 0 Å². The van der Waals surface area contributed by atoms with E-state index in [1.165, 1.54) is 0 Å². The van der Waals surface area contributed by atoms with E-state index in [1.807, 2.05) is 60.7 Å². The summed E-state index contributed by atoms with van der Waals surface area (Å²) in [6.07, 6.45) is 0.412. The molecule has 0 amide bonds. The second-order valence-electron chi connectivity index (χ2n) is 5.41. The maximum atomic E-state index is 10.5. The molecule has 0 heterocycles. The fourth-order valence-corrected chi connectivity index (χ4v) is 2.36. The van der Waals surface area contributed by atoms with Gasteiger partial charge in [-0.2, -0.15) is 0 Å². The minimum Gasteiger partial charge on any atom is -0.512 e. The highest BCUT2D eigenvalue weighted by molar-refractivity contribution is 5.73. The molecule has 0 aliphatic rings. The van der Waals surface area contributed by atoms with Gasteiger partial charge < -0.3 is 10.2 Å². The van der Waals surface area contributed by atoms with Crippen molar-refractivity contribution in [1.29, 1.82) is 0 Å².